The lowest BCUT2D eigenvalue weighted by molar-refractivity contribution is 0.782. The number of nitrogens with one attached hydrogen (secondary N) is 1. The predicted octanol–water partition coefficient (Wildman–Crippen LogP) is 1.01. The van der Waals surface area contributed by atoms with Crippen LogP contribution in [0.4, 0.5) is 0 Å². The number of aryl methyl sites for hydroxylation is 2. The topological polar surface area (TPSA) is 59.6 Å². The van der Waals surface area contributed by atoms with Crippen molar-refractivity contribution in [1.29, 1.82) is 0 Å². The molecule has 84 valence electrons. The number of hydrogen-bond donors (Lipinski definition) is 2. The van der Waals surface area contributed by atoms with E-state index in [1.54, 1.807) is 0 Å². The Morgan fingerprint density at radius 1 is 1.50 bits per heavy atom. The average molecular weight is 216 g/mol. The Hall–Kier alpha value is -1.55. The molecule has 3 N–H and O–H groups in total. The molecule has 0 amide bonds. The molecule has 0 saturated carbocycles. The molecule has 2 aromatic rings. The van der Waals surface area contributed by atoms with Gasteiger partial charge in [-0.3, -0.25) is 0 Å². The number of hydrogen-bond acceptors (Lipinski definition) is 2. The van der Waals surface area contributed by atoms with Gasteiger partial charge in [0.2, 0.25) is 0 Å². The third-order valence-corrected chi connectivity index (χ3v) is 3.28. The molecule has 0 spiro atoms. The molecule has 1 aliphatic carbocycles. The lowest BCUT2D eigenvalue weighted by Gasteiger charge is -2.12. The van der Waals surface area contributed by atoms with Crippen LogP contribution in [0.3, 0.4) is 0 Å². The van der Waals surface area contributed by atoms with Crippen LogP contribution >= 0.6 is 0 Å². The summed E-state index contributed by atoms with van der Waals surface area (Å²) in [5, 5.41) is 0. The van der Waals surface area contributed by atoms with Crippen LogP contribution in [0.15, 0.2) is 12.3 Å². The van der Waals surface area contributed by atoms with E-state index in [9.17, 15) is 0 Å². The van der Waals surface area contributed by atoms with E-state index < -0.39 is 0 Å². The van der Waals surface area contributed by atoms with E-state index in [0.717, 1.165) is 30.8 Å². The van der Waals surface area contributed by atoms with Gasteiger partial charge < -0.3 is 15.3 Å². The summed E-state index contributed by atoms with van der Waals surface area (Å²) >= 11 is 0. The maximum Gasteiger partial charge on any atom is 0.108 e. The Labute approximate surface area is 94.5 Å². The summed E-state index contributed by atoms with van der Waals surface area (Å²) in [6.45, 7) is 0.647. The smallest absolute Gasteiger partial charge is 0.108 e. The van der Waals surface area contributed by atoms with Crippen molar-refractivity contribution < 1.29 is 0 Å². The first-order chi connectivity index (χ1) is 7.79. The van der Waals surface area contributed by atoms with Crippen molar-refractivity contribution in [3.05, 3.63) is 29.5 Å². The van der Waals surface area contributed by atoms with Gasteiger partial charge in [0.15, 0.2) is 0 Å². The molecule has 2 heterocycles. The fourth-order valence-corrected chi connectivity index (χ4v) is 2.46. The summed E-state index contributed by atoms with van der Waals surface area (Å²) in [6.07, 6.45) is 5.08. The Kier molecular flexibility index (Phi) is 2.11. The van der Waals surface area contributed by atoms with Crippen molar-refractivity contribution in [3.8, 4) is 11.3 Å². The van der Waals surface area contributed by atoms with Crippen LogP contribution in [0.5, 0.6) is 0 Å². The van der Waals surface area contributed by atoms with E-state index in [2.05, 4.69) is 33.8 Å². The van der Waals surface area contributed by atoms with Gasteiger partial charge in [-0.25, -0.2) is 4.98 Å². The zero-order valence-corrected chi connectivity index (χ0v) is 9.45. The van der Waals surface area contributed by atoms with Crippen LogP contribution in [-0.2, 0) is 26.3 Å². The van der Waals surface area contributed by atoms with Gasteiger partial charge in [0.05, 0.1) is 5.69 Å². The van der Waals surface area contributed by atoms with Gasteiger partial charge in [-0.15, -0.1) is 0 Å². The molecule has 0 atom stereocenters. The summed E-state index contributed by atoms with van der Waals surface area (Å²) in [5.74, 6) is 1.02. The van der Waals surface area contributed by atoms with Gasteiger partial charge in [-0.2, -0.15) is 0 Å². The van der Waals surface area contributed by atoms with Gasteiger partial charge in [-0.05, 0) is 25.5 Å². The quantitative estimate of drug-likeness (QED) is 0.787. The molecule has 4 heteroatoms. The molecule has 0 fully saturated rings. The summed E-state index contributed by atoms with van der Waals surface area (Å²) < 4.78 is 2.19. The van der Waals surface area contributed by atoms with E-state index in [1.165, 1.54) is 17.0 Å². The lowest BCUT2D eigenvalue weighted by atomic mass is 9.99. The molecule has 0 aliphatic heterocycles. The molecule has 2 aromatic heterocycles. The Morgan fingerprint density at radius 2 is 2.38 bits per heavy atom. The maximum atomic E-state index is 5.55. The number of imidazole rings is 1. The largest absolute Gasteiger partial charge is 0.354 e. The number of aromatic amines is 1. The monoisotopic (exact) mass is 216 g/mol. The summed E-state index contributed by atoms with van der Waals surface area (Å²) in [7, 11) is 2.09. The molecule has 4 nitrogen and oxygen atoms in total. The molecule has 1 aliphatic rings. The minimum Gasteiger partial charge on any atom is -0.354 e. The van der Waals surface area contributed by atoms with E-state index in [4.69, 9.17) is 5.73 Å². The van der Waals surface area contributed by atoms with E-state index in [-0.39, 0.29) is 0 Å². The van der Waals surface area contributed by atoms with E-state index in [1.807, 2.05) is 0 Å². The van der Waals surface area contributed by atoms with E-state index >= 15 is 0 Å². The van der Waals surface area contributed by atoms with Gasteiger partial charge in [0, 0.05) is 36.6 Å². The van der Waals surface area contributed by atoms with Gasteiger partial charge in [-0.1, -0.05) is 0 Å². The first kappa shape index (κ1) is 9.66. The van der Waals surface area contributed by atoms with Gasteiger partial charge in [0.25, 0.3) is 0 Å². The third kappa shape index (κ3) is 1.30. The zero-order valence-electron chi connectivity index (χ0n) is 9.45. The highest BCUT2D eigenvalue weighted by Crippen LogP contribution is 2.32. The number of nitrogens with two attached hydrogens (primary N) is 1. The van der Waals surface area contributed by atoms with Gasteiger partial charge >= 0.3 is 0 Å². The Bertz CT molecular complexity index is 521. The fourth-order valence-electron chi connectivity index (χ4n) is 2.46. The molecule has 0 unspecified atom stereocenters. The molecule has 0 bridgehead atoms. The van der Waals surface area contributed by atoms with Crippen molar-refractivity contribution in [2.45, 2.75) is 19.3 Å². The third-order valence-electron chi connectivity index (χ3n) is 3.28. The normalized spacial score (nSPS) is 13.6. The first-order valence-electron chi connectivity index (χ1n) is 5.72. The van der Waals surface area contributed by atoms with E-state index in [0.29, 0.717) is 6.54 Å². The second kappa shape index (κ2) is 3.49. The number of fused-ring (bicyclic) bond motifs is 3. The minimum absolute atomic E-state index is 0.647. The maximum absolute atomic E-state index is 5.55. The molecular weight excluding hydrogens is 200 g/mol. The lowest BCUT2D eigenvalue weighted by Crippen LogP contribution is -2.06. The molecule has 0 saturated heterocycles. The van der Waals surface area contributed by atoms with Crippen molar-refractivity contribution in [2.75, 3.05) is 6.54 Å². The van der Waals surface area contributed by atoms with Crippen LogP contribution in [0.25, 0.3) is 11.3 Å². The number of nitrogens with zero attached hydrogens (tertiary/aromatic N) is 2. The van der Waals surface area contributed by atoms with Crippen molar-refractivity contribution in [2.24, 2.45) is 12.8 Å². The molecule has 3 rings (SSSR count). The summed E-state index contributed by atoms with van der Waals surface area (Å²) in [4.78, 5) is 8.03. The number of H-pyrrole nitrogens is 1. The fraction of sp³-hybridized carbons (Fsp3) is 0.417. The molecular formula is C12H16N4. The van der Waals surface area contributed by atoms with Gasteiger partial charge in [0.1, 0.15) is 5.82 Å². The number of aromatic nitrogens is 3. The Morgan fingerprint density at radius 3 is 3.19 bits per heavy atom. The molecule has 16 heavy (non-hydrogen) atoms. The first-order valence-corrected chi connectivity index (χ1v) is 5.72. The van der Waals surface area contributed by atoms with Crippen LogP contribution < -0.4 is 5.73 Å². The standard InChI is InChI=1S/C12H16N4/c1-16-7-5-8-10(16)3-2-9-12(8)15-11(14-9)4-6-13/h5,7H,2-4,6,13H2,1H3,(H,14,15). The number of rotatable bonds is 2. The zero-order chi connectivity index (χ0) is 11.1. The van der Waals surface area contributed by atoms with Crippen LogP contribution in [0.2, 0.25) is 0 Å². The van der Waals surface area contributed by atoms with Crippen LogP contribution in [-0.4, -0.2) is 21.1 Å². The predicted molar refractivity (Wildman–Crippen MR) is 63.2 cm³/mol. The SMILES string of the molecule is Cn1ccc2c1CCc1[nH]c(CCN)nc1-2. The summed E-state index contributed by atoms with van der Waals surface area (Å²) in [6, 6.07) is 2.15. The highest BCUT2D eigenvalue weighted by molar-refractivity contribution is 5.67. The van der Waals surface area contributed by atoms with Crippen molar-refractivity contribution in [1.82, 2.24) is 14.5 Å². The molecule has 0 aromatic carbocycles. The molecule has 0 radical (unpaired) electrons. The van der Waals surface area contributed by atoms with Crippen LogP contribution in [0.1, 0.15) is 17.2 Å². The van der Waals surface area contributed by atoms with Crippen molar-refractivity contribution in [3.63, 3.8) is 0 Å². The van der Waals surface area contributed by atoms with Crippen LogP contribution in [0, 0.1) is 0 Å². The average Bonchev–Trinajstić information content (AvgIpc) is 2.82. The van der Waals surface area contributed by atoms with Crippen molar-refractivity contribution >= 4 is 0 Å². The second-order valence-corrected chi connectivity index (χ2v) is 4.34. The second-order valence-electron chi connectivity index (χ2n) is 4.34. The minimum atomic E-state index is 0.647. The highest BCUT2D eigenvalue weighted by Gasteiger charge is 2.21. The Balaban J connectivity index is 2.09. The highest BCUT2D eigenvalue weighted by atomic mass is 15.0. The summed E-state index contributed by atoms with van der Waals surface area (Å²) in [5.41, 5.74) is 10.6.